The zero-order chi connectivity index (χ0) is 23.0. The predicted octanol–water partition coefficient (Wildman–Crippen LogP) is 3.76. The topological polar surface area (TPSA) is 96.4 Å². The van der Waals surface area contributed by atoms with E-state index in [-0.39, 0.29) is 23.0 Å². The van der Waals surface area contributed by atoms with Crippen molar-refractivity contribution in [1.29, 1.82) is 0 Å². The van der Waals surface area contributed by atoms with Gasteiger partial charge in [-0.3, -0.25) is 9.48 Å². The molecule has 0 radical (unpaired) electrons. The fraction of sp³-hybridized carbons (Fsp3) is 0.545. The van der Waals surface area contributed by atoms with Gasteiger partial charge in [-0.2, -0.15) is 18.3 Å². The maximum atomic E-state index is 12.7. The first kappa shape index (κ1) is 22.6. The van der Waals surface area contributed by atoms with Gasteiger partial charge in [0.1, 0.15) is 5.56 Å². The summed E-state index contributed by atoms with van der Waals surface area (Å²) in [5, 5.41) is 16.9. The third-order valence-corrected chi connectivity index (χ3v) is 6.64. The SMILES string of the molecule is C[C@H]1C[C@@H](N2CCC2)CC[C@@H]1n1cc(C(N)=O)c(Nc2ccc([C@@H](O)C(F)(F)F)cc2)n1. The van der Waals surface area contributed by atoms with Crippen molar-refractivity contribution in [2.24, 2.45) is 11.7 Å². The lowest BCUT2D eigenvalue weighted by molar-refractivity contribution is -0.206. The average Bonchev–Trinajstić information content (AvgIpc) is 3.10. The van der Waals surface area contributed by atoms with Gasteiger partial charge < -0.3 is 21.1 Å². The van der Waals surface area contributed by atoms with Crippen molar-refractivity contribution in [3.8, 4) is 0 Å². The zero-order valence-electron chi connectivity index (χ0n) is 17.8. The number of nitrogens with one attached hydrogen (secondary N) is 1. The molecule has 2 fully saturated rings. The van der Waals surface area contributed by atoms with Gasteiger partial charge in [-0.05, 0) is 62.4 Å². The second-order valence-corrected chi connectivity index (χ2v) is 8.83. The maximum Gasteiger partial charge on any atom is 0.418 e. The number of nitrogens with zero attached hydrogens (tertiary/aromatic N) is 3. The number of rotatable bonds is 6. The lowest BCUT2D eigenvalue weighted by atomic mass is 9.81. The van der Waals surface area contributed by atoms with Crippen molar-refractivity contribution < 1.29 is 23.1 Å². The van der Waals surface area contributed by atoms with Gasteiger partial charge in [0.25, 0.3) is 5.91 Å². The quantitative estimate of drug-likeness (QED) is 0.622. The molecule has 1 aliphatic heterocycles. The van der Waals surface area contributed by atoms with Crippen molar-refractivity contribution in [2.75, 3.05) is 18.4 Å². The van der Waals surface area contributed by atoms with Crippen molar-refractivity contribution in [2.45, 2.75) is 57.0 Å². The number of hydrogen-bond acceptors (Lipinski definition) is 5. The summed E-state index contributed by atoms with van der Waals surface area (Å²) in [6.07, 6.45) is -1.28. The summed E-state index contributed by atoms with van der Waals surface area (Å²) in [4.78, 5) is 14.5. The van der Waals surface area contributed by atoms with Crippen LogP contribution in [0.1, 0.15) is 60.7 Å². The first-order valence-corrected chi connectivity index (χ1v) is 10.9. The summed E-state index contributed by atoms with van der Waals surface area (Å²) in [5.41, 5.74) is 5.94. The lowest BCUT2D eigenvalue weighted by Crippen LogP contribution is -2.48. The van der Waals surface area contributed by atoms with Crippen molar-refractivity contribution in [3.63, 3.8) is 0 Å². The van der Waals surface area contributed by atoms with Gasteiger partial charge in [0.2, 0.25) is 0 Å². The van der Waals surface area contributed by atoms with E-state index in [4.69, 9.17) is 5.73 Å². The van der Waals surface area contributed by atoms with Crippen LogP contribution in [0.2, 0.25) is 0 Å². The second-order valence-electron chi connectivity index (χ2n) is 8.83. The monoisotopic (exact) mass is 451 g/mol. The Balaban J connectivity index is 1.49. The minimum atomic E-state index is -4.74. The number of benzene rings is 1. The molecular formula is C22H28F3N5O2. The van der Waals surface area contributed by atoms with E-state index in [0.717, 1.165) is 19.3 Å². The summed E-state index contributed by atoms with van der Waals surface area (Å²) in [6, 6.07) is 5.90. The molecule has 10 heteroatoms. The number of nitrogens with two attached hydrogens (primary N) is 1. The van der Waals surface area contributed by atoms with Gasteiger partial charge in [-0.1, -0.05) is 19.1 Å². The van der Waals surface area contributed by atoms with Gasteiger partial charge in [-0.25, -0.2) is 0 Å². The van der Waals surface area contributed by atoms with E-state index in [9.17, 15) is 23.1 Å². The van der Waals surface area contributed by atoms with Gasteiger partial charge in [-0.15, -0.1) is 0 Å². The zero-order valence-corrected chi connectivity index (χ0v) is 17.8. The molecule has 2 heterocycles. The Kier molecular flexibility index (Phi) is 6.17. The molecule has 1 aliphatic carbocycles. The normalized spacial score (nSPS) is 25.2. The van der Waals surface area contributed by atoms with E-state index in [1.807, 2.05) is 0 Å². The predicted molar refractivity (Wildman–Crippen MR) is 114 cm³/mol. The molecule has 174 valence electrons. The van der Waals surface area contributed by atoms with Crippen LogP contribution in [0.15, 0.2) is 30.5 Å². The van der Waals surface area contributed by atoms with Crippen molar-refractivity contribution in [3.05, 3.63) is 41.6 Å². The maximum absolute atomic E-state index is 12.7. The summed E-state index contributed by atoms with van der Waals surface area (Å²) in [7, 11) is 0. The molecule has 1 amide bonds. The number of halogens is 3. The largest absolute Gasteiger partial charge is 0.418 e. The molecule has 0 bridgehead atoms. The molecule has 4 atom stereocenters. The third kappa shape index (κ3) is 4.61. The first-order chi connectivity index (χ1) is 15.1. The Bertz CT molecular complexity index is 955. The molecule has 1 aromatic heterocycles. The highest BCUT2D eigenvalue weighted by Gasteiger charge is 2.39. The van der Waals surface area contributed by atoms with Crippen LogP contribution in [0.3, 0.4) is 0 Å². The summed E-state index contributed by atoms with van der Waals surface area (Å²) < 4.78 is 39.9. The average molecular weight is 451 g/mol. The highest BCUT2D eigenvalue weighted by Crippen LogP contribution is 2.38. The molecule has 1 saturated heterocycles. The minimum absolute atomic E-state index is 0.144. The molecule has 2 aliphatic rings. The van der Waals surface area contributed by atoms with E-state index < -0.39 is 18.2 Å². The molecular weight excluding hydrogens is 423 g/mol. The van der Waals surface area contributed by atoms with E-state index in [0.29, 0.717) is 17.6 Å². The van der Waals surface area contributed by atoms with Crippen LogP contribution in [0.4, 0.5) is 24.7 Å². The number of aliphatic hydroxyl groups excluding tert-OH is 1. The van der Waals surface area contributed by atoms with E-state index >= 15 is 0 Å². The fourth-order valence-corrected chi connectivity index (χ4v) is 4.69. The summed E-state index contributed by atoms with van der Waals surface area (Å²) in [6.45, 7) is 4.53. The second kappa shape index (κ2) is 8.74. The molecule has 0 unspecified atom stereocenters. The summed E-state index contributed by atoms with van der Waals surface area (Å²) in [5.74, 6) is 0.00874. The van der Waals surface area contributed by atoms with Crippen molar-refractivity contribution >= 4 is 17.4 Å². The summed E-state index contributed by atoms with van der Waals surface area (Å²) >= 11 is 0. The number of anilines is 2. The Morgan fingerprint density at radius 2 is 1.94 bits per heavy atom. The smallest absolute Gasteiger partial charge is 0.379 e. The third-order valence-electron chi connectivity index (χ3n) is 6.64. The molecule has 4 N–H and O–H groups in total. The molecule has 7 nitrogen and oxygen atoms in total. The highest BCUT2D eigenvalue weighted by atomic mass is 19.4. The number of carbonyl (C=O) groups is 1. The number of primary amides is 1. The van der Waals surface area contributed by atoms with Gasteiger partial charge in [0.05, 0.1) is 6.04 Å². The van der Waals surface area contributed by atoms with Gasteiger partial charge >= 0.3 is 6.18 Å². The number of amides is 1. The molecule has 1 saturated carbocycles. The van der Waals surface area contributed by atoms with Gasteiger partial charge in [0.15, 0.2) is 11.9 Å². The van der Waals surface area contributed by atoms with Crippen LogP contribution in [0.25, 0.3) is 0 Å². The fourth-order valence-electron chi connectivity index (χ4n) is 4.69. The molecule has 2 aromatic rings. The van der Waals surface area contributed by atoms with Crippen LogP contribution < -0.4 is 11.1 Å². The number of hydrogen-bond donors (Lipinski definition) is 3. The lowest BCUT2D eigenvalue weighted by Gasteiger charge is -2.44. The van der Waals surface area contributed by atoms with E-state index in [1.165, 1.54) is 43.8 Å². The minimum Gasteiger partial charge on any atom is -0.379 e. The van der Waals surface area contributed by atoms with Crippen LogP contribution >= 0.6 is 0 Å². The standard InChI is InChI=1S/C22H28F3N5O2/c1-13-11-16(29-9-2-10-29)7-8-18(13)30-12-17(20(26)32)21(28-30)27-15-5-3-14(4-6-15)19(31)22(23,24)25/h3-6,12-13,16,18-19,31H,2,7-11H2,1H3,(H2,26,32)(H,27,28)/t13-,16-,18-,19+/m0/s1. The Morgan fingerprint density at radius 3 is 2.47 bits per heavy atom. The van der Waals surface area contributed by atoms with Crippen LogP contribution in [0.5, 0.6) is 0 Å². The Hall–Kier alpha value is -2.59. The Morgan fingerprint density at radius 1 is 1.25 bits per heavy atom. The number of aliphatic hydroxyl groups is 1. The molecule has 1 aromatic carbocycles. The van der Waals surface area contributed by atoms with Gasteiger partial charge in [0, 0.05) is 17.9 Å². The molecule has 4 rings (SSSR count). The Labute approximate surface area is 184 Å². The first-order valence-electron chi connectivity index (χ1n) is 10.9. The highest BCUT2D eigenvalue weighted by molar-refractivity contribution is 5.98. The molecule has 32 heavy (non-hydrogen) atoms. The number of carbonyl (C=O) groups excluding carboxylic acids is 1. The molecule has 0 spiro atoms. The van der Waals surface area contributed by atoms with Crippen LogP contribution in [-0.4, -0.2) is 51.0 Å². The number of alkyl halides is 3. The van der Waals surface area contributed by atoms with Crippen molar-refractivity contribution in [1.82, 2.24) is 14.7 Å². The van der Waals surface area contributed by atoms with E-state index in [2.05, 4.69) is 22.2 Å². The number of aromatic nitrogens is 2. The van der Waals surface area contributed by atoms with E-state index in [1.54, 1.807) is 10.9 Å². The van der Waals surface area contributed by atoms with Crippen LogP contribution in [-0.2, 0) is 0 Å². The number of likely N-dealkylation sites (tertiary alicyclic amines) is 1. The van der Waals surface area contributed by atoms with Crippen LogP contribution in [0, 0.1) is 5.92 Å².